The van der Waals surface area contributed by atoms with Crippen LogP contribution in [0.15, 0.2) is 35.8 Å². The molecule has 0 aliphatic rings. The van der Waals surface area contributed by atoms with Gasteiger partial charge in [0.2, 0.25) is 5.91 Å². The molecule has 0 spiro atoms. The minimum absolute atomic E-state index is 0. The molecule has 22 heavy (non-hydrogen) atoms. The third kappa shape index (κ3) is 6.13. The summed E-state index contributed by atoms with van der Waals surface area (Å²) in [7, 11) is 0. The normalized spacial score (nSPS) is 10.0. The molecule has 1 amide bonds. The number of rotatable bonds is 8. The molecule has 0 fully saturated rings. The highest BCUT2D eigenvalue weighted by Crippen LogP contribution is 2.23. The molecule has 0 atom stereocenters. The SMILES string of the molecule is Cl.NCCCCCCC(=O)Nc1ccc(-c2nccs2)cc1. The zero-order valence-electron chi connectivity index (χ0n) is 12.5. The number of thiazole rings is 1. The molecule has 6 heteroatoms. The first-order valence-electron chi connectivity index (χ1n) is 7.29. The van der Waals surface area contributed by atoms with Crippen LogP contribution in [0.2, 0.25) is 0 Å². The van der Waals surface area contributed by atoms with Gasteiger partial charge in [0.05, 0.1) is 0 Å². The van der Waals surface area contributed by atoms with E-state index in [2.05, 4.69) is 10.3 Å². The van der Waals surface area contributed by atoms with Crippen molar-refractivity contribution in [1.29, 1.82) is 0 Å². The number of hydrogen-bond donors (Lipinski definition) is 2. The molecule has 0 unspecified atom stereocenters. The molecule has 2 rings (SSSR count). The Bertz CT molecular complexity index is 543. The van der Waals surface area contributed by atoms with Crippen LogP contribution in [0.1, 0.15) is 32.1 Å². The largest absolute Gasteiger partial charge is 0.330 e. The van der Waals surface area contributed by atoms with Crippen molar-refractivity contribution in [2.45, 2.75) is 32.1 Å². The van der Waals surface area contributed by atoms with Gasteiger partial charge in [0, 0.05) is 29.2 Å². The minimum atomic E-state index is 0. The van der Waals surface area contributed by atoms with E-state index in [1.807, 2.05) is 29.6 Å². The monoisotopic (exact) mass is 339 g/mol. The predicted molar refractivity (Wildman–Crippen MR) is 95.6 cm³/mol. The lowest BCUT2D eigenvalue weighted by atomic mass is 10.1. The molecule has 0 aliphatic carbocycles. The summed E-state index contributed by atoms with van der Waals surface area (Å²) in [5.74, 6) is 0.0738. The van der Waals surface area contributed by atoms with E-state index in [0.717, 1.165) is 48.5 Å². The first-order valence-corrected chi connectivity index (χ1v) is 8.17. The second kappa shape index (κ2) is 10.3. The number of unbranched alkanes of at least 4 members (excludes halogenated alkanes) is 3. The summed E-state index contributed by atoms with van der Waals surface area (Å²) in [4.78, 5) is 16.1. The maximum Gasteiger partial charge on any atom is 0.224 e. The lowest BCUT2D eigenvalue weighted by Gasteiger charge is -2.06. The zero-order valence-corrected chi connectivity index (χ0v) is 14.1. The van der Waals surface area contributed by atoms with E-state index in [9.17, 15) is 4.79 Å². The van der Waals surface area contributed by atoms with Crippen LogP contribution in [0.25, 0.3) is 10.6 Å². The second-order valence-electron chi connectivity index (χ2n) is 4.92. The van der Waals surface area contributed by atoms with Crippen LogP contribution in [-0.4, -0.2) is 17.4 Å². The average molecular weight is 340 g/mol. The number of halogens is 1. The lowest BCUT2D eigenvalue weighted by molar-refractivity contribution is -0.116. The molecule has 1 aromatic carbocycles. The standard InChI is InChI=1S/C16H21N3OS.ClH/c17-10-4-2-1-3-5-15(20)19-14-8-6-13(7-9-14)16-18-11-12-21-16;/h6-9,11-12H,1-5,10,17H2,(H,19,20);1H. The molecular formula is C16H22ClN3OS. The fraction of sp³-hybridized carbons (Fsp3) is 0.375. The van der Waals surface area contributed by atoms with Crippen LogP contribution in [-0.2, 0) is 4.79 Å². The molecule has 0 saturated carbocycles. The van der Waals surface area contributed by atoms with Gasteiger partial charge in [-0.05, 0) is 43.7 Å². The highest BCUT2D eigenvalue weighted by atomic mass is 35.5. The highest BCUT2D eigenvalue weighted by molar-refractivity contribution is 7.13. The number of amides is 1. The molecule has 1 aromatic heterocycles. The number of hydrogen-bond acceptors (Lipinski definition) is 4. The van der Waals surface area contributed by atoms with Crippen molar-refractivity contribution >= 4 is 35.3 Å². The van der Waals surface area contributed by atoms with Crippen molar-refractivity contribution in [2.24, 2.45) is 5.73 Å². The minimum Gasteiger partial charge on any atom is -0.330 e. The number of nitrogens with two attached hydrogens (primary N) is 1. The van der Waals surface area contributed by atoms with E-state index in [1.165, 1.54) is 0 Å². The summed E-state index contributed by atoms with van der Waals surface area (Å²) in [6, 6.07) is 7.80. The van der Waals surface area contributed by atoms with E-state index in [4.69, 9.17) is 5.73 Å². The molecule has 0 saturated heterocycles. The molecule has 0 aliphatic heterocycles. The smallest absolute Gasteiger partial charge is 0.224 e. The number of anilines is 1. The van der Waals surface area contributed by atoms with E-state index in [1.54, 1.807) is 17.5 Å². The molecule has 0 radical (unpaired) electrons. The summed E-state index contributed by atoms with van der Waals surface area (Å²) < 4.78 is 0. The van der Waals surface area contributed by atoms with E-state index in [-0.39, 0.29) is 18.3 Å². The Hall–Kier alpha value is -1.43. The number of carbonyl (C=O) groups excluding carboxylic acids is 1. The van der Waals surface area contributed by atoms with Crippen LogP contribution in [0, 0.1) is 0 Å². The van der Waals surface area contributed by atoms with Gasteiger partial charge in [-0.3, -0.25) is 4.79 Å². The maximum absolute atomic E-state index is 11.8. The van der Waals surface area contributed by atoms with Gasteiger partial charge in [0.1, 0.15) is 5.01 Å². The summed E-state index contributed by atoms with van der Waals surface area (Å²) in [6.45, 7) is 0.734. The van der Waals surface area contributed by atoms with Gasteiger partial charge in [-0.2, -0.15) is 0 Å². The van der Waals surface area contributed by atoms with Crippen molar-refractivity contribution in [3.8, 4) is 10.6 Å². The number of aromatic nitrogens is 1. The molecule has 0 bridgehead atoms. The van der Waals surface area contributed by atoms with Gasteiger partial charge >= 0.3 is 0 Å². The van der Waals surface area contributed by atoms with Crippen molar-refractivity contribution in [2.75, 3.05) is 11.9 Å². The third-order valence-electron chi connectivity index (χ3n) is 3.21. The van der Waals surface area contributed by atoms with Gasteiger partial charge < -0.3 is 11.1 Å². The average Bonchev–Trinajstić information content (AvgIpc) is 3.02. The predicted octanol–water partition coefficient (Wildman–Crippen LogP) is 4.08. The van der Waals surface area contributed by atoms with Crippen molar-refractivity contribution in [3.05, 3.63) is 35.8 Å². The first kappa shape index (κ1) is 18.6. The van der Waals surface area contributed by atoms with E-state index in [0.29, 0.717) is 6.42 Å². The molecule has 3 N–H and O–H groups in total. The molecule has 1 heterocycles. The van der Waals surface area contributed by atoms with Crippen LogP contribution in [0.4, 0.5) is 5.69 Å². The third-order valence-corrected chi connectivity index (χ3v) is 4.03. The summed E-state index contributed by atoms with van der Waals surface area (Å²) in [5, 5.41) is 5.87. The zero-order chi connectivity index (χ0) is 14.9. The van der Waals surface area contributed by atoms with Crippen LogP contribution >= 0.6 is 23.7 Å². The van der Waals surface area contributed by atoms with Crippen molar-refractivity contribution < 1.29 is 4.79 Å². The number of carbonyl (C=O) groups is 1. The Labute approximate surface area is 141 Å². The lowest BCUT2D eigenvalue weighted by Crippen LogP contribution is -2.11. The maximum atomic E-state index is 11.8. The summed E-state index contributed by atoms with van der Waals surface area (Å²) >= 11 is 1.61. The molecule has 120 valence electrons. The second-order valence-corrected chi connectivity index (χ2v) is 5.81. The van der Waals surface area contributed by atoms with E-state index < -0.39 is 0 Å². The van der Waals surface area contributed by atoms with Crippen LogP contribution in [0.3, 0.4) is 0 Å². The molecular weight excluding hydrogens is 318 g/mol. The number of benzene rings is 1. The van der Waals surface area contributed by atoms with Gasteiger partial charge in [-0.15, -0.1) is 23.7 Å². The number of nitrogens with one attached hydrogen (secondary N) is 1. The summed E-state index contributed by atoms with van der Waals surface area (Å²) in [6.07, 6.45) is 6.49. The van der Waals surface area contributed by atoms with Gasteiger partial charge in [0.15, 0.2) is 0 Å². The quantitative estimate of drug-likeness (QED) is 0.712. The van der Waals surface area contributed by atoms with Gasteiger partial charge in [0.25, 0.3) is 0 Å². The van der Waals surface area contributed by atoms with Gasteiger partial charge in [-0.1, -0.05) is 12.8 Å². The molecule has 4 nitrogen and oxygen atoms in total. The van der Waals surface area contributed by atoms with E-state index >= 15 is 0 Å². The summed E-state index contributed by atoms with van der Waals surface area (Å²) in [5.41, 5.74) is 7.35. The van der Waals surface area contributed by atoms with Crippen molar-refractivity contribution in [3.63, 3.8) is 0 Å². The Morgan fingerprint density at radius 3 is 2.50 bits per heavy atom. The Morgan fingerprint density at radius 1 is 1.14 bits per heavy atom. The van der Waals surface area contributed by atoms with Crippen LogP contribution in [0.5, 0.6) is 0 Å². The Balaban J connectivity index is 0.00000242. The van der Waals surface area contributed by atoms with Crippen LogP contribution < -0.4 is 11.1 Å². The fourth-order valence-corrected chi connectivity index (χ4v) is 2.71. The van der Waals surface area contributed by atoms with Gasteiger partial charge in [-0.25, -0.2) is 4.98 Å². The fourth-order valence-electron chi connectivity index (χ4n) is 2.07. The first-order chi connectivity index (χ1) is 10.3. The van der Waals surface area contributed by atoms with Crippen molar-refractivity contribution in [1.82, 2.24) is 4.98 Å². The Kier molecular flexibility index (Phi) is 8.74. The molecule has 2 aromatic rings. The Morgan fingerprint density at radius 2 is 1.86 bits per heavy atom. The number of nitrogens with zero attached hydrogens (tertiary/aromatic N) is 1. The highest BCUT2D eigenvalue weighted by Gasteiger charge is 2.04. The topological polar surface area (TPSA) is 68.0 Å².